The molecule has 1 aromatic rings. The summed E-state index contributed by atoms with van der Waals surface area (Å²) in [4.78, 5) is 10.3. The van der Waals surface area contributed by atoms with E-state index < -0.39 is 14.9 Å². The normalized spacial score (nSPS) is 11.7. The molecule has 0 heterocycles. The predicted molar refractivity (Wildman–Crippen MR) is 72.0 cm³/mol. The largest absolute Gasteiger partial charge is 0.330 e. The monoisotopic (exact) mass is 287 g/mol. The lowest BCUT2D eigenvalue weighted by molar-refractivity contribution is -0.385. The molecule has 7 nitrogen and oxygen atoms in total. The Kier molecular flexibility index (Phi) is 5.40. The van der Waals surface area contributed by atoms with Gasteiger partial charge in [-0.05, 0) is 13.0 Å². The highest BCUT2D eigenvalue weighted by Gasteiger charge is 2.23. The van der Waals surface area contributed by atoms with Gasteiger partial charge in [0.1, 0.15) is 0 Å². The van der Waals surface area contributed by atoms with Crippen molar-refractivity contribution in [2.75, 3.05) is 20.1 Å². The number of nitro benzene ring substituents is 1. The van der Waals surface area contributed by atoms with Crippen LogP contribution in [0.4, 0.5) is 5.69 Å². The molecule has 0 bridgehead atoms. The number of rotatable bonds is 7. The van der Waals surface area contributed by atoms with E-state index in [0.717, 1.165) is 0 Å². The van der Waals surface area contributed by atoms with Crippen molar-refractivity contribution in [1.82, 2.24) is 4.31 Å². The van der Waals surface area contributed by atoms with E-state index in [1.54, 1.807) is 6.07 Å². The summed E-state index contributed by atoms with van der Waals surface area (Å²) < 4.78 is 25.3. The van der Waals surface area contributed by atoms with Crippen LogP contribution in [0.25, 0.3) is 0 Å². The molecule has 106 valence electrons. The molecule has 0 radical (unpaired) electrons. The first-order valence-electron chi connectivity index (χ1n) is 5.75. The zero-order chi connectivity index (χ0) is 14.5. The highest BCUT2D eigenvalue weighted by atomic mass is 32.2. The Balaban J connectivity index is 2.92. The maximum absolute atomic E-state index is 12.0. The molecule has 0 aromatic heterocycles. The molecule has 0 aliphatic heterocycles. The first-order chi connectivity index (χ1) is 8.88. The SMILES string of the molecule is CN(CCCN)S(=O)(=O)Cc1ccccc1[N+](=O)[O-]. The van der Waals surface area contributed by atoms with E-state index in [9.17, 15) is 18.5 Å². The molecule has 0 unspecified atom stereocenters. The quantitative estimate of drug-likeness (QED) is 0.587. The Labute approximate surface area is 112 Å². The van der Waals surface area contributed by atoms with Gasteiger partial charge < -0.3 is 5.73 Å². The Bertz CT molecular complexity index is 545. The van der Waals surface area contributed by atoms with Crippen LogP contribution in [-0.4, -0.2) is 37.8 Å². The maximum Gasteiger partial charge on any atom is 0.273 e. The molecule has 1 aromatic carbocycles. The van der Waals surface area contributed by atoms with Crippen LogP contribution in [0.5, 0.6) is 0 Å². The fourth-order valence-electron chi connectivity index (χ4n) is 1.57. The molecule has 8 heteroatoms. The van der Waals surface area contributed by atoms with Crippen molar-refractivity contribution < 1.29 is 13.3 Å². The Morgan fingerprint density at radius 3 is 2.58 bits per heavy atom. The lowest BCUT2D eigenvalue weighted by Crippen LogP contribution is -2.30. The van der Waals surface area contributed by atoms with Crippen LogP contribution in [0.3, 0.4) is 0 Å². The van der Waals surface area contributed by atoms with Crippen LogP contribution in [0.15, 0.2) is 24.3 Å². The second-order valence-electron chi connectivity index (χ2n) is 4.11. The van der Waals surface area contributed by atoms with E-state index in [0.29, 0.717) is 19.5 Å². The van der Waals surface area contributed by atoms with E-state index in [-0.39, 0.29) is 17.0 Å². The minimum Gasteiger partial charge on any atom is -0.330 e. The van der Waals surface area contributed by atoms with Gasteiger partial charge in [0.25, 0.3) is 5.69 Å². The van der Waals surface area contributed by atoms with E-state index in [1.807, 2.05) is 0 Å². The summed E-state index contributed by atoms with van der Waals surface area (Å²) in [6.45, 7) is 0.699. The van der Waals surface area contributed by atoms with Crippen LogP contribution in [-0.2, 0) is 15.8 Å². The number of nitro groups is 1. The molecule has 0 saturated carbocycles. The molecule has 1 rings (SSSR count). The Morgan fingerprint density at radius 2 is 2.00 bits per heavy atom. The van der Waals surface area contributed by atoms with Gasteiger partial charge in [-0.3, -0.25) is 10.1 Å². The standard InChI is InChI=1S/C11H17N3O4S/c1-13(8-4-7-12)19(17,18)9-10-5-2-3-6-11(10)14(15)16/h2-3,5-6H,4,7-9,12H2,1H3. The van der Waals surface area contributed by atoms with Gasteiger partial charge >= 0.3 is 0 Å². The summed E-state index contributed by atoms with van der Waals surface area (Å²) in [6.07, 6.45) is 0.548. The first kappa shape index (κ1) is 15.5. The van der Waals surface area contributed by atoms with Gasteiger partial charge in [-0.2, -0.15) is 0 Å². The van der Waals surface area contributed by atoms with Crippen molar-refractivity contribution in [2.45, 2.75) is 12.2 Å². The first-order valence-corrected chi connectivity index (χ1v) is 7.36. The maximum atomic E-state index is 12.0. The lowest BCUT2D eigenvalue weighted by atomic mass is 10.2. The summed E-state index contributed by atoms with van der Waals surface area (Å²) in [5, 5.41) is 10.8. The molecule has 0 spiro atoms. The van der Waals surface area contributed by atoms with Crippen molar-refractivity contribution in [1.29, 1.82) is 0 Å². The molecule has 0 fully saturated rings. The highest BCUT2D eigenvalue weighted by Crippen LogP contribution is 2.21. The van der Waals surface area contributed by atoms with Crippen molar-refractivity contribution in [3.05, 3.63) is 39.9 Å². The average molecular weight is 287 g/mol. The third-order valence-electron chi connectivity index (χ3n) is 2.68. The van der Waals surface area contributed by atoms with Gasteiger partial charge in [-0.15, -0.1) is 0 Å². The minimum absolute atomic E-state index is 0.182. The molecule has 19 heavy (non-hydrogen) atoms. The average Bonchev–Trinajstić information content (AvgIpc) is 2.35. The molecule has 0 amide bonds. The van der Waals surface area contributed by atoms with Crippen molar-refractivity contribution >= 4 is 15.7 Å². The van der Waals surface area contributed by atoms with Crippen LogP contribution in [0.1, 0.15) is 12.0 Å². The van der Waals surface area contributed by atoms with Gasteiger partial charge in [-0.1, -0.05) is 18.2 Å². The number of benzene rings is 1. The smallest absolute Gasteiger partial charge is 0.273 e. The van der Waals surface area contributed by atoms with Crippen molar-refractivity contribution in [3.8, 4) is 0 Å². The molecular formula is C11H17N3O4S. The van der Waals surface area contributed by atoms with Crippen molar-refractivity contribution in [2.24, 2.45) is 5.73 Å². The predicted octanol–water partition coefficient (Wildman–Crippen LogP) is 0.705. The van der Waals surface area contributed by atoms with E-state index in [2.05, 4.69) is 0 Å². The van der Waals surface area contributed by atoms with Crippen LogP contribution in [0, 0.1) is 10.1 Å². The van der Waals surface area contributed by atoms with Crippen LogP contribution < -0.4 is 5.73 Å². The van der Waals surface area contributed by atoms with E-state index in [1.165, 1.54) is 29.6 Å². The third-order valence-corrected chi connectivity index (χ3v) is 4.49. The number of nitrogens with zero attached hydrogens (tertiary/aromatic N) is 2. The van der Waals surface area contributed by atoms with Crippen LogP contribution in [0.2, 0.25) is 0 Å². The molecule has 2 N–H and O–H groups in total. The zero-order valence-electron chi connectivity index (χ0n) is 10.7. The van der Waals surface area contributed by atoms with Crippen LogP contribution >= 0.6 is 0 Å². The second kappa shape index (κ2) is 6.60. The van der Waals surface area contributed by atoms with Crippen molar-refractivity contribution in [3.63, 3.8) is 0 Å². The van der Waals surface area contributed by atoms with Gasteiger partial charge in [0.05, 0.1) is 10.7 Å². The van der Waals surface area contributed by atoms with Gasteiger partial charge in [0.2, 0.25) is 10.0 Å². The fraction of sp³-hybridized carbons (Fsp3) is 0.455. The van der Waals surface area contributed by atoms with Gasteiger partial charge in [-0.25, -0.2) is 12.7 Å². The highest BCUT2D eigenvalue weighted by molar-refractivity contribution is 7.88. The lowest BCUT2D eigenvalue weighted by Gasteiger charge is -2.16. The number of nitrogens with two attached hydrogens (primary N) is 1. The number of hydrogen-bond donors (Lipinski definition) is 1. The molecule has 0 saturated heterocycles. The number of para-hydroxylation sites is 1. The Morgan fingerprint density at radius 1 is 1.37 bits per heavy atom. The van der Waals surface area contributed by atoms with E-state index in [4.69, 9.17) is 5.73 Å². The zero-order valence-corrected chi connectivity index (χ0v) is 11.5. The van der Waals surface area contributed by atoms with Gasteiger partial charge in [0, 0.05) is 25.2 Å². The molecular weight excluding hydrogens is 270 g/mol. The molecule has 0 aliphatic carbocycles. The van der Waals surface area contributed by atoms with Gasteiger partial charge in [0.15, 0.2) is 0 Å². The summed E-state index contributed by atoms with van der Waals surface area (Å²) >= 11 is 0. The molecule has 0 atom stereocenters. The second-order valence-corrected chi connectivity index (χ2v) is 6.18. The summed E-state index contributed by atoms with van der Waals surface area (Å²) in [6, 6.07) is 5.83. The topological polar surface area (TPSA) is 107 Å². The minimum atomic E-state index is -3.57. The Hall–Kier alpha value is -1.51. The molecule has 0 aliphatic rings. The summed E-state index contributed by atoms with van der Waals surface area (Å²) in [7, 11) is -2.12. The summed E-state index contributed by atoms with van der Waals surface area (Å²) in [5.74, 6) is -0.384. The number of sulfonamides is 1. The number of hydrogen-bond acceptors (Lipinski definition) is 5. The summed E-state index contributed by atoms with van der Waals surface area (Å²) in [5.41, 5.74) is 5.33. The fourth-order valence-corrected chi connectivity index (χ4v) is 2.84. The van der Waals surface area contributed by atoms with E-state index >= 15 is 0 Å². The third kappa shape index (κ3) is 4.27.